The summed E-state index contributed by atoms with van der Waals surface area (Å²) in [4.78, 5) is 4.13. The third kappa shape index (κ3) is 0.887. The molecule has 0 spiro atoms. The summed E-state index contributed by atoms with van der Waals surface area (Å²) in [6.45, 7) is 1.91. The van der Waals surface area contributed by atoms with Crippen molar-refractivity contribution in [2.24, 2.45) is 0 Å². The van der Waals surface area contributed by atoms with E-state index in [1.165, 1.54) is 0 Å². The van der Waals surface area contributed by atoms with Gasteiger partial charge in [0.2, 0.25) is 0 Å². The summed E-state index contributed by atoms with van der Waals surface area (Å²) in [6.07, 6.45) is 3.38. The van der Waals surface area contributed by atoms with E-state index in [0.29, 0.717) is 0 Å². The summed E-state index contributed by atoms with van der Waals surface area (Å²) >= 11 is 0. The molecule has 0 saturated heterocycles. The SMILES string of the molecule is Cc1ncc(CO)c2[nH]ncc12. The van der Waals surface area contributed by atoms with Crippen LogP contribution in [0.2, 0.25) is 0 Å². The maximum Gasteiger partial charge on any atom is 0.0739 e. The van der Waals surface area contributed by atoms with E-state index in [9.17, 15) is 0 Å². The number of aliphatic hydroxyl groups excluding tert-OH is 1. The Morgan fingerprint density at radius 3 is 3.08 bits per heavy atom. The predicted molar refractivity (Wildman–Crippen MR) is 44.5 cm³/mol. The van der Waals surface area contributed by atoms with Crippen LogP contribution in [0.1, 0.15) is 11.3 Å². The molecule has 0 aromatic carbocycles. The van der Waals surface area contributed by atoms with Crippen molar-refractivity contribution in [3.05, 3.63) is 23.7 Å². The summed E-state index contributed by atoms with van der Waals surface area (Å²) < 4.78 is 0. The van der Waals surface area contributed by atoms with Crippen molar-refractivity contribution < 1.29 is 5.11 Å². The Morgan fingerprint density at radius 1 is 1.50 bits per heavy atom. The smallest absolute Gasteiger partial charge is 0.0739 e. The first kappa shape index (κ1) is 7.24. The van der Waals surface area contributed by atoms with E-state index in [4.69, 9.17) is 5.11 Å². The molecule has 12 heavy (non-hydrogen) atoms. The Balaban J connectivity index is 2.82. The molecule has 4 nitrogen and oxygen atoms in total. The van der Waals surface area contributed by atoms with E-state index in [1.807, 2.05) is 6.92 Å². The zero-order valence-electron chi connectivity index (χ0n) is 6.70. The average Bonchev–Trinajstić information content (AvgIpc) is 2.54. The van der Waals surface area contributed by atoms with Crippen LogP contribution in [0.25, 0.3) is 10.9 Å². The molecule has 2 aromatic heterocycles. The van der Waals surface area contributed by atoms with Crippen LogP contribution in [0.15, 0.2) is 12.4 Å². The minimum atomic E-state index is -0.00796. The van der Waals surface area contributed by atoms with Gasteiger partial charge >= 0.3 is 0 Å². The van der Waals surface area contributed by atoms with E-state index in [0.717, 1.165) is 22.2 Å². The van der Waals surface area contributed by atoms with Gasteiger partial charge < -0.3 is 5.11 Å². The molecule has 2 heterocycles. The maximum absolute atomic E-state index is 8.96. The summed E-state index contributed by atoms with van der Waals surface area (Å²) in [5.41, 5.74) is 2.59. The summed E-state index contributed by atoms with van der Waals surface area (Å²) in [7, 11) is 0. The Hall–Kier alpha value is -1.42. The van der Waals surface area contributed by atoms with Crippen LogP contribution in [0, 0.1) is 6.92 Å². The standard InChI is InChI=1S/C8H9N3O/c1-5-7-3-10-11-8(7)6(4-12)2-9-5/h2-3,12H,4H2,1H3,(H,10,11). The second-order valence-corrected chi connectivity index (χ2v) is 2.69. The van der Waals surface area contributed by atoms with Crippen LogP contribution >= 0.6 is 0 Å². The lowest BCUT2D eigenvalue weighted by atomic mass is 10.2. The number of aromatic nitrogens is 3. The predicted octanol–water partition coefficient (Wildman–Crippen LogP) is 0.759. The van der Waals surface area contributed by atoms with Crippen LogP contribution < -0.4 is 0 Å². The van der Waals surface area contributed by atoms with Crippen molar-refractivity contribution >= 4 is 10.9 Å². The van der Waals surface area contributed by atoms with Gasteiger partial charge in [0.1, 0.15) is 0 Å². The number of aliphatic hydroxyl groups is 1. The molecule has 0 atom stereocenters. The fourth-order valence-electron chi connectivity index (χ4n) is 1.23. The van der Waals surface area contributed by atoms with Crippen LogP contribution in [-0.2, 0) is 6.61 Å². The lowest BCUT2D eigenvalue weighted by Crippen LogP contribution is -1.90. The van der Waals surface area contributed by atoms with Gasteiger partial charge in [-0.1, -0.05) is 0 Å². The number of aryl methyl sites for hydroxylation is 1. The number of hydrogen-bond acceptors (Lipinski definition) is 3. The Bertz CT molecular complexity index is 408. The topological polar surface area (TPSA) is 61.8 Å². The number of pyridine rings is 1. The second kappa shape index (κ2) is 2.57. The van der Waals surface area contributed by atoms with Gasteiger partial charge in [-0.05, 0) is 6.92 Å². The molecular weight excluding hydrogens is 154 g/mol. The lowest BCUT2D eigenvalue weighted by Gasteiger charge is -1.98. The van der Waals surface area contributed by atoms with Crippen molar-refractivity contribution in [1.29, 1.82) is 0 Å². The van der Waals surface area contributed by atoms with Gasteiger partial charge in [-0.2, -0.15) is 5.10 Å². The number of rotatable bonds is 1. The molecule has 62 valence electrons. The Morgan fingerprint density at radius 2 is 2.33 bits per heavy atom. The highest BCUT2D eigenvalue weighted by atomic mass is 16.3. The highest BCUT2D eigenvalue weighted by Gasteiger charge is 2.04. The molecule has 0 aliphatic carbocycles. The molecular formula is C8H9N3O. The first-order chi connectivity index (χ1) is 5.83. The molecule has 2 aromatic rings. The average molecular weight is 163 g/mol. The summed E-state index contributed by atoms with van der Waals surface area (Å²) in [5.74, 6) is 0. The summed E-state index contributed by atoms with van der Waals surface area (Å²) in [5, 5.41) is 16.7. The van der Waals surface area contributed by atoms with Gasteiger partial charge in [-0.15, -0.1) is 0 Å². The van der Waals surface area contributed by atoms with E-state index in [-0.39, 0.29) is 6.61 Å². The molecule has 2 N–H and O–H groups in total. The van der Waals surface area contributed by atoms with Gasteiger partial charge in [0.15, 0.2) is 0 Å². The van der Waals surface area contributed by atoms with Gasteiger partial charge in [-0.25, -0.2) is 0 Å². The number of hydrogen-bond donors (Lipinski definition) is 2. The fraction of sp³-hybridized carbons (Fsp3) is 0.250. The van der Waals surface area contributed by atoms with E-state index in [2.05, 4.69) is 15.2 Å². The van der Waals surface area contributed by atoms with Gasteiger partial charge in [0, 0.05) is 22.8 Å². The monoisotopic (exact) mass is 163 g/mol. The highest BCUT2D eigenvalue weighted by Crippen LogP contribution is 2.17. The first-order valence-electron chi connectivity index (χ1n) is 3.71. The molecule has 0 radical (unpaired) electrons. The number of nitrogens with one attached hydrogen (secondary N) is 1. The molecule has 0 aliphatic rings. The minimum Gasteiger partial charge on any atom is -0.392 e. The normalized spacial score (nSPS) is 10.8. The summed E-state index contributed by atoms with van der Waals surface area (Å²) in [6, 6.07) is 0. The van der Waals surface area contributed by atoms with Crippen molar-refractivity contribution in [2.75, 3.05) is 0 Å². The number of aromatic amines is 1. The van der Waals surface area contributed by atoms with E-state index < -0.39 is 0 Å². The zero-order chi connectivity index (χ0) is 8.55. The molecule has 0 aliphatic heterocycles. The third-order valence-electron chi connectivity index (χ3n) is 1.93. The Kier molecular flexibility index (Phi) is 1.55. The van der Waals surface area contributed by atoms with Crippen molar-refractivity contribution in [1.82, 2.24) is 15.2 Å². The largest absolute Gasteiger partial charge is 0.392 e. The lowest BCUT2D eigenvalue weighted by molar-refractivity contribution is 0.282. The fourth-order valence-corrected chi connectivity index (χ4v) is 1.23. The molecule has 0 amide bonds. The molecule has 4 heteroatoms. The van der Waals surface area contributed by atoms with Crippen LogP contribution in [0.5, 0.6) is 0 Å². The number of nitrogens with zero attached hydrogens (tertiary/aromatic N) is 2. The van der Waals surface area contributed by atoms with Crippen molar-refractivity contribution in [3.8, 4) is 0 Å². The van der Waals surface area contributed by atoms with Gasteiger partial charge in [-0.3, -0.25) is 10.1 Å². The number of fused-ring (bicyclic) bond motifs is 1. The quantitative estimate of drug-likeness (QED) is 0.652. The van der Waals surface area contributed by atoms with Crippen molar-refractivity contribution in [2.45, 2.75) is 13.5 Å². The van der Waals surface area contributed by atoms with E-state index >= 15 is 0 Å². The van der Waals surface area contributed by atoms with E-state index in [1.54, 1.807) is 12.4 Å². The molecule has 2 rings (SSSR count). The second-order valence-electron chi connectivity index (χ2n) is 2.69. The number of H-pyrrole nitrogens is 1. The molecule has 0 unspecified atom stereocenters. The Labute approximate surface area is 69.3 Å². The minimum absolute atomic E-state index is 0.00796. The molecule has 0 saturated carbocycles. The molecule has 0 fully saturated rings. The highest BCUT2D eigenvalue weighted by molar-refractivity contribution is 5.82. The van der Waals surface area contributed by atoms with Gasteiger partial charge in [0.25, 0.3) is 0 Å². The van der Waals surface area contributed by atoms with Crippen LogP contribution in [0.3, 0.4) is 0 Å². The van der Waals surface area contributed by atoms with Crippen molar-refractivity contribution in [3.63, 3.8) is 0 Å². The third-order valence-corrected chi connectivity index (χ3v) is 1.93. The maximum atomic E-state index is 8.96. The van der Waals surface area contributed by atoms with Crippen LogP contribution in [-0.4, -0.2) is 20.3 Å². The first-order valence-corrected chi connectivity index (χ1v) is 3.71. The van der Waals surface area contributed by atoms with Gasteiger partial charge in [0.05, 0.1) is 18.3 Å². The molecule has 0 bridgehead atoms. The van der Waals surface area contributed by atoms with Crippen LogP contribution in [0.4, 0.5) is 0 Å². The zero-order valence-corrected chi connectivity index (χ0v) is 6.70.